The van der Waals surface area contributed by atoms with Gasteiger partial charge in [-0.2, -0.15) is 17.0 Å². The lowest BCUT2D eigenvalue weighted by Crippen LogP contribution is -2.51. The molecular weight excluding hydrogens is 204 g/mol. The van der Waals surface area contributed by atoms with Crippen LogP contribution in [0.5, 0.6) is 0 Å². The van der Waals surface area contributed by atoms with E-state index in [1.807, 2.05) is 0 Å². The normalized spacial score (nSPS) is 42.7. The highest BCUT2D eigenvalue weighted by molar-refractivity contribution is 8.00. The van der Waals surface area contributed by atoms with Crippen molar-refractivity contribution in [1.82, 2.24) is 4.90 Å². The number of nitriles is 1. The smallest absolute Gasteiger partial charge is 0.0672 e. The first-order valence-corrected chi connectivity index (χ1v) is 7.06. The van der Waals surface area contributed by atoms with Gasteiger partial charge >= 0.3 is 0 Å². The molecule has 0 bridgehead atoms. The van der Waals surface area contributed by atoms with E-state index < -0.39 is 0 Å². The lowest BCUT2D eigenvalue weighted by atomic mass is 10.0. The molecule has 0 amide bonds. The third-order valence-corrected chi connectivity index (χ3v) is 5.34. The summed E-state index contributed by atoms with van der Waals surface area (Å²) in [5.74, 6) is 1.53. The molecule has 84 valence electrons. The Morgan fingerprint density at radius 2 is 2.13 bits per heavy atom. The minimum atomic E-state index is 0.294. The van der Waals surface area contributed by atoms with Crippen LogP contribution in [-0.2, 0) is 0 Å². The van der Waals surface area contributed by atoms with E-state index in [4.69, 9.17) is 5.26 Å². The molecule has 0 aromatic carbocycles. The van der Waals surface area contributed by atoms with Crippen molar-refractivity contribution >= 4 is 11.8 Å². The van der Waals surface area contributed by atoms with Crippen LogP contribution in [0.3, 0.4) is 0 Å². The maximum atomic E-state index is 9.14. The summed E-state index contributed by atoms with van der Waals surface area (Å²) in [6.07, 6.45) is 3.60. The van der Waals surface area contributed by atoms with Gasteiger partial charge in [-0.05, 0) is 19.8 Å². The Bertz CT molecular complexity index is 261. The molecule has 15 heavy (non-hydrogen) atoms. The first-order valence-electron chi connectivity index (χ1n) is 6.01. The molecule has 0 N–H and O–H groups in total. The number of hydrogen-bond acceptors (Lipinski definition) is 3. The fourth-order valence-corrected chi connectivity index (χ4v) is 4.04. The first-order chi connectivity index (χ1) is 7.24. The standard InChI is InChI=1S/C12H20N2S/c1-9-10(2)15-7-6-14(9)12-5-3-4-11(12)8-13/h9-12H,3-7H2,1-2H3. The van der Waals surface area contributed by atoms with Gasteiger partial charge in [0, 0.05) is 29.6 Å². The van der Waals surface area contributed by atoms with Crippen LogP contribution in [-0.4, -0.2) is 34.5 Å². The fourth-order valence-electron chi connectivity index (χ4n) is 2.91. The Kier molecular flexibility index (Phi) is 3.58. The molecule has 1 saturated heterocycles. The van der Waals surface area contributed by atoms with Crippen molar-refractivity contribution in [2.24, 2.45) is 5.92 Å². The Balaban J connectivity index is 2.05. The second-order valence-electron chi connectivity index (χ2n) is 4.79. The zero-order valence-corrected chi connectivity index (χ0v) is 10.5. The van der Waals surface area contributed by atoms with E-state index in [-0.39, 0.29) is 0 Å². The van der Waals surface area contributed by atoms with E-state index in [1.165, 1.54) is 25.1 Å². The molecular formula is C12H20N2S. The van der Waals surface area contributed by atoms with Crippen LogP contribution >= 0.6 is 11.8 Å². The largest absolute Gasteiger partial charge is 0.294 e. The summed E-state index contributed by atoms with van der Waals surface area (Å²) in [6.45, 7) is 5.82. The van der Waals surface area contributed by atoms with Crippen LogP contribution in [0.4, 0.5) is 0 Å². The Labute approximate surface area is 97.0 Å². The van der Waals surface area contributed by atoms with E-state index in [1.54, 1.807) is 0 Å². The molecule has 2 aliphatic rings. The van der Waals surface area contributed by atoms with Crippen LogP contribution in [0, 0.1) is 17.2 Å². The zero-order chi connectivity index (χ0) is 10.8. The molecule has 0 radical (unpaired) electrons. The summed E-state index contributed by atoms with van der Waals surface area (Å²) < 4.78 is 0. The minimum absolute atomic E-state index is 0.294. The summed E-state index contributed by atoms with van der Waals surface area (Å²) >= 11 is 2.07. The van der Waals surface area contributed by atoms with Gasteiger partial charge in [-0.15, -0.1) is 0 Å². The van der Waals surface area contributed by atoms with Crippen LogP contribution in [0.2, 0.25) is 0 Å². The second kappa shape index (κ2) is 4.76. The third kappa shape index (κ3) is 2.16. The molecule has 1 saturated carbocycles. The van der Waals surface area contributed by atoms with E-state index in [9.17, 15) is 0 Å². The van der Waals surface area contributed by atoms with Gasteiger partial charge < -0.3 is 0 Å². The molecule has 3 heteroatoms. The summed E-state index contributed by atoms with van der Waals surface area (Å²) in [6, 6.07) is 3.69. The average molecular weight is 224 g/mol. The van der Waals surface area contributed by atoms with Gasteiger partial charge in [-0.25, -0.2) is 0 Å². The topological polar surface area (TPSA) is 27.0 Å². The van der Waals surface area contributed by atoms with E-state index in [2.05, 4.69) is 36.6 Å². The molecule has 2 nitrogen and oxygen atoms in total. The summed E-state index contributed by atoms with van der Waals surface area (Å²) in [5.41, 5.74) is 0. The monoisotopic (exact) mass is 224 g/mol. The highest BCUT2D eigenvalue weighted by atomic mass is 32.2. The molecule has 0 aromatic rings. The van der Waals surface area contributed by atoms with Crippen LogP contribution in [0.25, 0.3) is 0 Å². The van der Waals surface area contributed by atoms with Gasteiger partial charge in [0.1, 0.15) is 0 Å². The van der Waals surface area contributed by atoms with Crippen molar-refractivity contribution in [2.45, 2.75) is 50.4 Å². The van der Waals surface area contributed by atoms with Crippen molar-refractivity contribution in [3.8, 4) is 6.07 Å². The first kappa shape index (κ1) is 11.3. The van der Waals surface area contributed by atoms with Crippen LogP contribution in [0.1, 0.15) is 33.1 Å². The molecule has 0 spiro atoms. The van der Waals surface area contributed by atoms with Crippen molar-refractivity contribution in [2.75, 3.05) is 12.3 Å². The maximum Gasteiger partial charge on any atom is 0.0672 e. The van der Waals surface area contributed by atoms with E-state index in [0.29, 0.717) is 18.0 Å². The maximum absolute atomic E-state index is 9.14. The molecule has 1 aliphatic carbocycles. The van der Waals surface area contributed by atoms with Gasteiger partial charge in [-0.3, -0.25) is 4.90 Å². The molecule has 1 heterocycles. The lowest BCUT2D eigenvalue weighted by Gasteiger charge is -2.42. The summed E-state index contributed by atoms with van der Waals surface area (Å²) in [7, 11) is 0. The summed E-state index contributed by atoms with van der Waals surface area (Å²) in [4.78, 5) is 2.60. The molecule has 4 atom stereocenters. The number of nitrogens with zero attached hydrogens (tertiary/aromatic N) is 2. The van der Waals surface area contributed by atoms with Crippen LogP contribution in [0.15, 0.2) is 0 Å². The molecule has 2 fully saturated rings. The highest BCUT2D eigenvalue weighted by Crippen LogP contribution is 2.35. The number of hydrogen-bond donors (Lipinski definition) is 0. The molecule has 0 aromatic heterocycles. The minimum Gasteiger partial charge on any atom is -0.294 e. The Morgan fingerprint density at radius 3 is 2.87 bits per heavy atom. The third-order valence-electron chi connectivity index (χ3n) is 4.00. The lowest BCUT2D eigenvalue weighted by molar-refractivity contribution is 0.132. The average Bonchev–Trinajstić information content (AvgIpc) is 2.70. The summed E-state index contributed by atoms with van der Waals surface area (Å²) in [5, 5.41) is 9.86. The quantitative estimate of drug-likeness (QED) is 0.685. The predicted molar refractivity (Wildman–Crippen MR) is 64.8 cm³/mol. The number of thioether (sulfide) groups is 1. The highest BCUT2D eigenvalue weighted by Gasteiger charge is 2.37. The zero-order valence-electron chi connectivity index (χ0n) is 9.65. The molecule has 2 rings (SSSR count). The van der Waals surface area contributed by atoms with Crippen molar-refractivity contribution < 1.29 is 0 Å². The van der Waals surface area contributed by atoms with Gasteiger partial charge in [0.15, 0.2) is 0 Å². The Hall–Kier alpha value is -0.200. The van der Waals surface area contributed by atoms with Gasteiger partial charge in [-0.1, -0.05) is 13.3 Å². The van der Waals surface area contributed by atoms with Gasteiger partial charge in [0.2, 0.25) is 0 Å². The Morgan fingerprint density at radius 1 is 1.33 bits per heavy atom. The predicted octanol–water partition coefficient (Wildman–Crippen LogP) is 2.50. The molecule has 1 aliphatic heterocycles. The molecule has 4 unspecified atom stereocenters. The van der Waals surface area contributed by atoms with E-state index >= 15 is 0 Å². The van der Waals surface area contributed by atoms with E-state index in [0.717, 1.165) is 11.7 Å². The SMILES string of the molecule is CC1SCCN(C2CCCC2C#N)C1C. The van der Waals surface area contributed by atoms with Crippen molar-refractivity contribution in [3.05, 3.63) is 0 Å². The van der Waals surface area contributed by atoms with Crippen molar-refractivity contribution in [1.29, 1.82) is 5.26 Å². The number of rotatable bonds is 1. The van der Waals surface area contributed by atoms with Crippen LogP contribution < -0.4 is 0 Å². The van der Waals surface area contributed by atoms with Crippen molar-refractivity contribution in [3.63, 3.8) is 0 Å². The second-order valence-corrected chi connectivity index (χ2v) is 6.27. The van der Waals surface area contributed by atoms with Gasteiger partial charge in [0.05, 0.1) is 12.0 Å². The van der Waals surface area contributed by atoms with Gasteiger partial charge in [0.25, 0.3) is 0 Å². The fraction of sp³-hybridized carbons (Fsp3) is 0.917.